The maximum Gasteiger partial charge on any atom is 0.114 e. The van der Waals surface area contributed by atoms with E-state index in [1.165, 1.54) is 4.70 Å². The van der Waals surface area contributed by atoms with Gasteiger partial charge >= 0.3 is 0 Å². The van der Waals surface area contributed by atoms with Gasteiger partial charge in [0.15, 0.2) is 0 Å². The molecule has 4 heteroatoms. The van der Waals surface area contributed by atoms with Crippen molar-refractivity contribution in [2.24, 2.45) is 0 Å². The maximum absolute atomic E-state index is 9.50. The number of hydrogen-bond donors (Lipinski definition) is 1. The first kappa shape index (κ1) is 12.6. The van der Waals surface area contributed by atoms with E-state index in [9.17, 15) is 5.11 Å². The van der Waals surface area contributed by atoms with Crippen molar-refractivity contribution in [2.75, 3.05) is 0 Å². The van der Waals surface area contributed by atoms with Crippen LogP contribution in [0.4, 0.5) is 0 Å². The molecule has 0 atom stereocenters. The zero-order valence-electron chi connectivity index (χ0n) is 11.4. The van der Waals surface area contributed by atoms with Crippen molar-refractivity contribution in [1.29, 1.82) is 0 Å². The van der Waals surface area contributed by atoms with Gasteiger partial charge in [-0.2, -0.15) is 0 Å². The molecule has 104 valence electrons. The normalized spacial score (nSPS) is 11.5. The maximum atomic E-state index is 9.50. The molecule has 4 aromatic rings. The molecule has 0 amide bonds. The van der Waals surface area contributed by atoms with Crippen LogP contribution in [-0.2, 0) is 13.2 Å². The monoisotopic (exact) mass is 294 g/mol. The van der Waals surface area contributed by atoms with Gasteiger partial charge in [-0.05, 0) is 18.2 Å². The number of aliphatic hydroxyl groups excluding tert-OH is 1. The first-order valence-electron chi connectivity index (χ1n) is 6.87. The summed E-state index contributed by atoms with van der Waals surface area (Å²) in [7, 11) is 0. The van der Waals surface area contributed by atoms with Gasteiger partial charge in [0, 0.05) is 22.7 Å². The van der Waals surface area contributed by atoms with Crippen LogP contribution in [0.3, 0.4) is 0 Å². The van der Waals surface area contributed by atoms with E-state index in [-0.39, 0.29) is 6.61 Å². The largest absolute Gasteiger partial charge is 0.392 e. The Kier molecular flexibility index (Phi) is 2.98. The molecule has 3 nitrogen and oxygen atoms in total. The Morgan fingerprint density at radius 3 is 2.71 bits per heavy atom. The summed E-state index contributed by atoms with van der Waals surface area (Å²) in [5.41, 5.74) is 3.16. The molecule has 0 spiro atoms. The summed E-state index contributed by atoms with van der Waals surface area (Å²) < 4.78 is 3.38. The van der Waals surface area contributed by atoms with Crippen LogP contribution < -0.4 is 0 Å². The Balaban J connectivity index is 1.80. The molecular formula is C17H14N2OS. The second kappa shape index (κ2) is 4.98. The number of benzene rings is 2. The van der Waals surface area contributed by atoms with Gasteiger partial charge in [-0.3, -0.25) is 0 Å². The molecule has 4 rings (SSSR count). The lowest BCUT2D eigenvalue weighted by atomic mass is 10.2. The highest BCUT2D eigenvalue weighted by molar-refractivity contribution is 7.18. The number of para-hydroxylation sites is 2. The third kappa shape index (κ3) is 2.13. The van der Waals surface area contributed by atoms with Crippen molar-refractivity contribution in [1.82, 2.24) is 9.55 Å². The second-order valence-electron chi connectivity index (χ2n) is 5.03. The summed E-state index contributed by atoms with van der Waals surface area (Å²) >= 11 is 1.72. The fourth-order valence-corrected chi connectivity index (χ4v) is 3.68. The summed E-state index contributed by atoms with van der Waals surface area (Å²) in [6.07, 6.45) is 2.02. The molecule has 0 aliphatic rings. The summed E-state index contributed by atoms with van der Waals surface area (Å²) in [5, 5.41) is 11.7. The molecule has 0 saturated carbocycles. The zero-order valence-corrected chi connectivity index (χ0v) is 12.2. The lowest BCUT2D eigenvalue weighted by Gasteiger charge is -2.01. The van der Waals surface area contributed by atoms with E-state index >= 15 is 0 Å². The van der Waals surface area contributed by atoms with E-state index in [1.54, 1.807) is 11.3 Å². The van der Waals surface area contributed by atoms with Crippen molar-refractivity contribution < 1.29 is 5.11 Å². The van der Waals surface area contributed by atoms with Crippen LogP contribution in [-0.4, -0.2) is 14.7 Å². The minimum Gasteiger partial charge on any atom is -0.392 e. The smallest absolute Gasteiger partial charge is 0.114 e. The van der Waals surface area contributed by atoms with Crippen LogP contribution >= 0.6 is 11.3 Å². The SMILES string of the molecule is OCc1cn(Cc2nc3ccccc3s2)c2ccccc12. The molecule has 0 unspecified atom stereocenters. The standard InChI is InChI=1S/C17H14N2OS/c20-11-12-9-19(15-7-3-1-5-13(12)15)10-17-18-14-6-2-4-8-16(14)21-17/h1-9,20H,10-11H2. The number of aliphatic hydroxyl groups is 1. The number of rotatable bonds is 3. The van der Waals surface area contributed by atoms with Gasteiger partial charge in [0.25, 0.3) is 0 Å². The van der Waals surface area contributed by atoms with E-state index in [2.05, 4.69) is 27.8 Å². The molecular weight excluding hydrogens is 280 g/mol. The predicted molar refractivity (Wildman–Crippen MR) is 86.6 cm³/mol. The number of thiazole rings is 1. The van der Waals surface area contributed by atoms with Gasteiger partial charge in [-0.25, -0.2) is 4.98 Å². The van der Waals surface area contributed by atoms with E-state index in [0.29, 0.717) is 0 Å². The lowest BCUT2D eigenvalue weighted by molar-refractivity contribution is 0.283. The van der Waals surface area contributed by atoms with Crippen molar-refractivity contribution in [3.63, 3.8) is 0 Å². The molecule has 1 N–H and O–H groups in total. The summed E-state index contributed by atoms with van der Waals surface area (Å²) in [6.45, 7) is 0.799. The van der Waals surface area contributed by atoms with Crippen LogP contribution in [0.2, 0.25) is 0 Å². The van der Waals surface area contributed by atoms with Crippen molar-refractivity contribution in [3.8, 4) is 0 Å². The van der Waals surface area contributed by atoms with Gasteiger partial charge in [-0.15, -0.1) is 11.3 Å². The fourth-order valence-electron chi connectivity index (χ4n) is 2.71. The number of hydrogen-bond acceptors (Lipinski definition) is 3. The molecule has 0 fully saturated rings. The molecule has 2 heterocycles. The second-order valence-corrected chi connectivity index (χ2v) is 6.15. The van der Waals surface area contributed by atoms with E-state index < -0.39 is 0 Å². The van der Waals surface area contributed by atoms with Crippen LogP contribution in [0.5, 0.6) is 0 Å². The molecule has 0 bridgehead atoms. The Bertz CT molecular complexity index is 890. The Labute approximate surface area is 126 Å². The highest BCUT2D eigenvalue weighted by Gasteiger charge is 2.09. The first-order valence-corrected chi connectivity index (χ1v) is 7.69. The molecule has 2 aromatic carbocycles. The molecule has 0 saturated heterocycles. The fraction of sp³-hybridized carbons (Fsp3) is 0.118. The number of nitrogens with zero attached hydrogens (tertiary/aromatic N) is 2. The lowest BCUT2D eigenvalue weighted by Crippen LogP contribution is -1.97. The average molecular weight is 294 g/mol. The first-order chi connectivity index (χ1) is 10.3. The quantitative estimate of drug-likeness (QED) is 0.624. The van der Waals surface area contributed by atoms with Crippen molar-refractivity contribution in [3.05, 3.63) is 65.3 Å². The molecule has 0 aliphatic carbocycles. The third-order valence-corrected chi connectivity index (χ3v) is 4.71. The van der Waals surface area contributed by atoms with Crippen LogP contribution in [0, 0.1) is 0 Å². The van der Waals surface area contributed by atoms with Crippen LogP contribution in [0.1, 0.15) is 10.6 Å². The number of fused-ring (bicyclic) bond motifs is 2. The van der Waals surface area contributed by atoms with Gasteiger partial charge < -0.3 is 9.67 Å². The summed E-state index contributed by atoms with van der Waals surface area (Å²) in [4.78, 5) is 4.69. The van der Waals surface area contributed by atoms with Gasteiger partial charge in [0.05, 0.1) is 23.4 Å². The van der Waals surface area contributed by atoms with Crippen molar-refractivity contribution in [2.45, 2.75) is 13.2 Å². The Morgan fingerprint density at radius 1 is 1.05 bits per heavy atom. The van der Waals surface area contributed by atoms with E-state index in [4.69, 9.17) is 0 Å². The molecule has 2 aromatic heterocycles. The summed E-state index contributed by atoms with van der Waals surface area (Å²) in [6, 6.07) is 16.4. The topological polar surface area (TPSA) is 38.0 Å². The Hall–Kier alpha value is -2.17. The molecule has 0 aliphatic heterocycles. The van der Waals surface area contributed by atoms with Crippen LogP contribution in [0.15, 0.2) is 54.7 Å². The minimum atomic E-state index is 0.0629. The number of aromatic nitrogens is 2. The molecule has 0 radical (unpaired) electrons. The summed E-state index contributed by atoms with van der Waals surface area (Å²) in [5.74, 6) is 0. The Morgan fingerprint density at radius 2 is 1.86 bits per heavy atom. The van der Waals surface area contributed by atoms with Gasteiger partial charge in [-0.1, -0.05) is 30.3 Å². The predicted octanol–water partition coefficient (Wildman–Crippen LogP) is 3.79. The van der Waals surface area contributed by atoms with E-state index in [1.807, 2.05) is 36.5 Å². The van der Waals surface area contributed by atoms with Crippen molar-refractivity contribution >= 4 is 32.5 Å². The van der Waals surface area contributed by atoms with Gasteiger partial charge in [0.2, 0.25) is 0 Å². The average Bonchev–Trinajstić information content (AvgIpc) is 3.08. The highest BCUT2D eigenvalue weighted by Crippen LogP contribution is 2.26. The van der Waals surface area contributed by atoms with Crippen LogP contribution in [0.25, 0.3) is 21.1 Å². The molecule has 21 heavy (non-hydrogen) atoms. The minimum absolute atomic E-state index is 0.0629. The third-order valence-electron chi connectivity index (χ3n) is 3.69. The van der Waals surface area contributed by atoms with Gasteiger partial charge in [0.1, 0.15) is 5.01 Å². The highest BCUT2D eigenvalue weighted by atomic mass is 32.1. The zero-order chi connectivity index (χ0) is 14.2. The van der Waals surface area contributed by atoms with E-state index in [0.717, 1.165) is 33.5 Å².